The number of ether oxygens (including phenoxy) is 1. The van der Waals surface area contributed by atoms with E-state index in [4.69, 9.17) is 4.74 Å². The number of hydrogen-bond donors (Lipinski definition) is 0. The summed E-state index contributed by atoms with van der Waals surface area (Å²) in [6.45, 7) is 7.84. The first kappa shape index (κ1) is 17.6. The first-order valence-electron chi connectivity index (χ1n) is 8.56. The second-order valence-corrected chi connectivity index (χ2v) is 6.54. The topological polar surface area (TPSA) is 12.5 Å². The molecule has 0 bridgehead atoms. The molecule has 23 heavy (non-hydrogen) atoms. The van der Waals surface area contributed by atoms with E-state index in [1.54, 1.807) is 7.11 Å². The molecule has 2 nitrogen and oxygen atoms in total. The van der Waals surface area contributed by atoms with Crippen molar-refractivity contribution in [3.05, 3.63) is 65.7 Å². The van der Waals surface area contributed by atoms with Crippen LogP contribution in [0.1, 0.15) is 31.4 Å². The van der Waals surface area contributed by atoms with Gasteiger partial charge in [-0.2, -0.15) is 0 Å². The molecule has 2 aromatic carbocycles. The molecule has 0 unspecified atom stereocenters. The predicted molar refractivity (Wildman–Crippen MR) is 97.9 cm³/mol. The Labute approximate surface area is 141 Å². The summed E-state index contributed by atoms with van der Waals surface area (Å²) in [6.07, 6.45) is 2.35. The van der Waals surface area contributed by atoms with Crippen molar-refractivity contribution in [1.29, 1.82) is 0 Å². The van der Waals surface area contributed by atoms with Gasteiger partial charge in [-0.25, -0.2) is 0 Å². The molecule has 2 heteroatoms. The van der Waals surface area contributed by atoms with Gasteiger partial charge in [-0.1, -0.05) is 56.3 Å². The van der Waals surface area contributed by atoms with Gasteiger partial charge in [-0.05, 0) is 48.6 Å². The van der Waals surface area contributed by atoms with Crippen molar-refractivity contribution in [3.63, 3.8) is 0 Å². The zero-order valence-corrected chi connectivity index (χ0v) is 14.7. The molecule has 0 saturated carbocycles. The van der Waals surface area contributed by atoms with Crippen molar-refractivity contribution >= 4 is 0 Å². The highest BCUT2D eigenvalue weighted by Gasteiger charge is 2.08. The van der Waals surface area contributed by atoms with Crippen LogP contribution >= 0.6 is 0 Å². The molecule has 124 valence electrons. The number of hydrogen-bond acceptors (Lipinski definition) is 2. The molecule has 0 spiro atoms. The van der Waals surface area contributed by atoms with Crippen LogP contribution in [0, 0.1) is 5.92 Å². The summed E-state index contributed by atoms with van der Waals surface area (Å²) in [4.78, 5) is 2.56. The number of nitrogens with zero attached hydrogens (tertiary/aromatic N) is 1. The Kier molecular flexibility index (Phi) is 7.15. The summed E-state index contributed by atoms with van der Waals surface area (Å²) in [6, 6.07) is 19.2. The molecule has 0 atom stereocenters. The maximum Gasteiger partial charge on any atom is 0.118 e. The third kappa shape index (κ3) is 6.45. The van der Waals surface area contributed by atoms with E-state index in [1.807, 2.05) is 12.1 Å². The van der Waals surface area contributed by atoms with Gasteiger partial charge >= 0.3 is 0 Å². The highest BCUT2D eigenvalue weighted by Crippen LogP contribution is 2.14. The lowest BCUT2D eigenvalue weighted by Gasteiger charge is -2.23. The molecule has 0 aromatic heterocycles. The van der Waals surface area contributed by atoms with E-state index >= 15 is 0 Å². The van der Waals surface area contributed by atoms with Crippen LogP contribution in [0.15, 0.2) is 54.6 Å². The fraction of sp³-hybridized carbons (Fsp3) is 0.429. The lowest BCUT2D eigenvalue weighted by molar-refractivity contribution is 0.252. The monoisotopic (exact) mass is 311 g/mol. The summed E-state index contributed by atoms with van der Waals surface area (Å²) >= 11 is 0. The van der Waals surface area contributed by atoms with E-state index in [-0.39, 0.29) is 0 Å². The maximum atomic E-state index is 5.24. The predicted octanol–water partition coefficient (Wildman–Crippen LogP) is 4.79. The van der Waals surface area contributed by atoms with Gasteiger partial charge in [0.25, 0.3) is 0 Å². The van der Waals surface area contributed by atoms with E-state index in [0.717, 1.165) is 37.7 Å². The van der Waals surface area contributed by atoms with Crippen molar-refractivity contribution < 1.29 is 4.74 Å². The molecule has 0 radical (unpaired) electrons. The molecule has 0 heterocycles. The van der Waals surface area contributed by atoms with Gasteiger partial charge in [-0.15, -0.1) is 0 Å². The fourth-order valence-electron chi connectivity index (χ4n) is 2.63. The summed E-state index contributed by atoms with van der Waals surface area (Å²) < 4.78 is 5.24. The van der Waals surface area contributed by atoms with E-state index in [2.05, 4.69) is 61.2 Å². The Morgan fingerprint density at radius 3 is 2.17 bits per heavy atom. The molecule has 0 N–H and O–H groups in total. The highest BCUT2D eigenvalue weighted by atomic mass is 16.5. The van der Waals surface area contributed by atoms with E-state index in [1.165, 1.54) is 17.5 Å². The van der Waals surface area contributed by atoms with Gasteiger partial charge in [0.05, 0.1) is 7.11 Å². The summed E-state index contributed by atoms with van der Waals surface area (Å²) in [5.41, 5.74) is 2.76. The van der Waals surface area contributed by atoms with Gasteiger partial charge in [0, 0.05) is 13.1 Å². The van der Waals surface area contributed by atoms with Crippen LogP contribution in [0.25, 0.3) is 0 Å². The lowest BCUT2D eigenvalue weighted by atomic mass is 10.1. The normalized spacial score (nSPS) is 11.2. The Balaban J connectivity index is 1.94. The second-order valence-electron chi connectivity index (χ2n) is 6.54. The minimum atomic E-state index is 0.741. The van der Waals surface area contributed by atoms with Gasteiger partial charge in [0.15, 0.2) is 0 Å². The average Bonchev–Trinajstić information content (AvgIpc) is 2.58. The van der Waals surface area contributed by atoms with Crippen LogP contribution in [0.2, 0.25) is 0 Å². The minimum Gasteiger partial charge on any atom is -0.497 e. The average molecular weight is 311 g/mol. The standard InChI is InChI=1S/C21H29NO/c1-18(2)13-15-22(16-14-19-7-5-4-6-8-19)17-20-9-11-21(23-3)12-10-20/h4-12,18H,13-17H2,1-3H3. The first-order valence-corrected chi connectivity index (χ1v) is 8.56. The summed E-state index contributed by atoms with van der Waals surface area (Å²) in [5.74, 6) is 1.66. The first-order chi connectivity index (χ1) is 11.2. The van der Waals surface area contributed by atoms with Crippen molar-refractivity contribution in [2.24, 2.45) is 5.92 Å². The van der Waals surface area contributed by atoms with Crippen LogP contribution in [-0.4, -0.2) is 25.1 Å². The quantitative estimate of drug-likeness (QED) is 0.660. The molecular weight excluding hydrogens is 282 g/mol. The SMILES string of the molecule is COc1ccc(CN(CCc2ccccc2)CCC(C)C)cc1. The van der Waals surface area contributed by atoms with E-state index in [9.17, 15) is 0 Å². The number of rotatable bonds is 9. The summed E-state index contributed by atoms with van der Waals surface area (Å²) in [5, 5.41) is 0. The van der Waals surface area contributed by atoms with Crippen LogP contribution in [0.4, 0.5) is 0 Å². The summed E-state index contributed by atoms with van der Waals surface area (Å²) in [7, 11) is 1.71. The van der Waals surface area contributed by atoms with Crippen molar-refractivity contribution in [2.45, 2.75) is 33.2 Å². The second kappa shape index (κ2) is 9.36. The Hall–Kier alpha value is -1.80. The van der Waals surface area contributed by atoms with Crippen LogP contribution in [0.5, 0.6) is 5.75 Å². The van der Waals surface area contributed by atoms with Gasteiger partial charge < -0.3 is 4.74 Å². The zero-order chi connectivity index (χ0) is 16.5. The Morgan fingerprint density at radius 2 is 1.57 bits per heavy atom. The van der Waals surface area contributed by atoms with Crippen LogP contribution in [-0.2, 0) is 13.0 Å². The Morgan fingerprint density at radius 1 is 0.870 bits per heavy atom. The van der Waals surface area contributed by atoms with Crippen molar-refractivity contribution in [1.82, 2.24) is 4.90 Å². The van der Waals surface area contributed by atoms with Crippen molar-refractivity contribution in [3.8, 4) is 5.75 Å². The molecule has 0 aliphatic carbocycles. The lowest BCUT2D eigenvalue weighted by Crippen LogP contribution is -2.27. The largest absolute Gasteiger partial charge is 0.497 e. The molecule has 0 aliphatic rings. The highest BCUT2D eigenvalue weighted by molar-refractivity contribution is 5.27. The van der Waals surface area contributed by atoms with Gasteiger partial charge in [0.2, 0.25) is 0 Å². The minimum absolute atomic E-state index is 0.741. The van der Waals surface area contributed by atoms with E-state index < -0.39 is 0 Å². The van der Waals surface area contributed by atoms with Crippen LogP contribution < -0.4 is 4.74 Å². The fourth-order valence-corrected chi connectivity index (χ4v) is 2.63. The van der Waals surface area contributed by atoms with Crippen LogP contribution in [0.3, 0.4) is 0 Å². The smallest absolute Gasteiger partial charge is 0.118 e. The Bertz CT molecular complexity index is 548. The van der Waals surface area contributed by atoms with E-state index in [0.29, 0.717) is 0 Å². The molecule has 2 rings (SSSR count). The maximum absolute atomic E-state index is 5.24. The van der Waals surface area contributed by atoms with Gasteiger partial charge in [0.1, 0.15) is 5.75 Å². The molecule has 2 aromatic rings. The third-order valence-electron chi connectivity index (χ3n) is 4.15. The van der Waals surface area contributed by atoms with Gasteiger partial charge in [-0.3, -0.25) is 4.90 Å². The number of methoxy groups -OCH3 is 1. The molecule has 0 saturated heterocycles. The molecular formula is C21H29NO. The molecule has 0 amide bonds. The molecule has 0 fully saturated rings. The molecule has 0 aliphatic heterocycles. The number of benzene rings is 2. The van der Waals surface area contributed by atoms with Crippen molar-refractivity contribution in [2.75, 3.05) is 20.2 Å². The zero-order valence-electron chi connectivity index (χ0n) is 14.7. The third-order valence-corrected chi connectivity index (χ3v) is 4.15.